The van der Waals surface area contributed by atoms with Gasteiger partial charge in [-0.1, -0.05) is 0 Å². The number of aliphatic hydroxyl groups excluding tert-OH is 1. The van der Waals surface area contributed by atoms with Crippen LogP contribution in [0.4, 0.5) is 5.82 Å². The minimum absolute atomic E-state index is 0.0250. The Labute approximate surface area is 119 Å². The molecule has 0 bridgehead atoms. The molecule has 2 aromatic rings. The molecule has 1 saturated heterocycles. The van der Waals surface area contributed by atoms with Crippen molar-refractivity contribution >= 4 is 28.6 Å². The molecule has 0 unspecified atom stereocenters. The van der Waals surface area contributed by atoms with Crippen molar-refractivity contribution in [1.82, 2.24) is 19.5 Å². The molecule has 0 spiro atoms. The third-order valence-corrected chi connectivity index (χ3v) is 3.73. The summed E-state index contributed by atoms with van der Waals surface area (Å²) in [5, 5.41) is 20.4. The Kier molecular flexibility index (Phi) is 2.87. The van der Waals surface area contributed by atoms with Crippen LogP contribution in [0.3, 0.4) is 0 Å². The number of rotatable bonds is 1. The van der Waals surface area contributed by atoms with Gasteiger partial charge in [-0.15, -0.1) is 0 Å². The summed E-state index contributed by atoms with van der Waals surface area (Å²) in [6, 6.07) is 0. The van der Waals surface area contributed by atoms with E-state index in [1.54, 1.807) is 6.92 Å². The molecule has 0 amide bonds. The molecule has 0 radical (unpaired) electrons. The average molecular weight is 300 g/mol. The zero-order valence-corrected chi connectivity index (χ0v) is 11.6. The van der Waals surface area contributed by atoms with Crippen molar-refractivity contribution in [3.63, 3.8) is 0 Å². The molecule has 8 nitrogen and oxygen atoms in total. The van der Waals surface area contributed by atoms with Crippen LogP contribution in [-0.2, 0) is 4.74 Å². The van der Waals surface area contributed by atoms with Crippen LogP contribution in [0.2, 0.25) is 5.28 Å². The number of ether oxygens (including phenoxy) is 1. The highest BCUT2D eigenvalue weighted by Crippen LogP contribution is 2.39. The molecule has 0 saturated carbocycles. The topological polar surface area (TPSA) is 119 Å². The first kappa shape index (κ1) is 13.5. The maximum Gasteiger partial charge on any atom is 0.226 e. The fraction of sp³-hybridized carbons (Fsp3) is 0.545. The number of hydrogen-bond acceptors (Lipinski definition) is 7. The molecule has 0 aromatic carbocycles. The van der Waals surface area contributed by atoms with Gasteiger partial charge >= 0.3 is 0 Å². The van der Waals surface area contributed by atoms with Crippen LogP contribution in [0.25, 0.3) is 11.2 Å². The van der Waals surface area contributed by atoms with Crippen molar-refractivity contribution < 1.29 is 14.9 Å². The minimum Gasteiger partial charge on any atom is -0.387 e. The van der Waals surface area contributed by atoms with Gasteiger partial charge in [-0.3, -0.25) is 4.57 Å². The Morgan fingerprint density at radius 2 is 2.20 bits per heavy atom. The first-order chi connectivity index (χ1) is 9.32. The summed E-state index contributed by atoms with van der Waals surface area (Å²) in [5.74, 6) is 0.144. The van der Waals surface area contributed by atoms with Crippen LogP contribution < -0.4 is 5.73 Å². The summed E-state index contributed by atoms with van der Waals surface area (Å²) in [4.78, 5) is 12.0. The summed E-state index contributed by atoms with van der Waals surface area (Å²) in [6.45, 7) is 3.17. The van der Waals surface area contributed by atoms with Crippen LogP contribution in [-0.4, -0.2) is 47.5 Å². The van der Waals surface area contributed by atoms with E-state index in [9.17, 15) is 10.2 Å². The van der Waals surface area contributed by atoms with E-state index in [2.05, 4.69) is 15.0 Å². The maximum atomic E-state index is 10.4. The number of aromatic nitrogens is 4. The Morgan fingerprint density at radius 1 is 1.50 bits per heavy atom. The molecular weight excluding hydrogens is 286 g/mol. The lowest BCUT2D eigenvalue weighted by Crippen LogP contribution is -2.43. The zero-order chi connectivity index (χ0) is 14.7. The van der Waals surface area contributed by atoms with Gasteiger partial charge in [0.25, 0.3) is 0 Å². The fourth-order valence-electron chi connectivity index (χ4n) is 2.47. The van der Waals surface area contributed by atoms with Gasteiger partial charge in [0.2, 0.25) is 5.28 Å². The highest BCUT2D eigenvalue weighted by Gasteiger charge is 2.51. The Morgan fingerprint density at radius 3 is 2.80 bits per heavy atom. The van der Waals surface area contributed by atoms with Gasteiger partial charge in [0.1, 0.15) is 17.2 Å². The molecule has 1 aliphatic rings. The van der Waals surface area contributed by atoms with E-state index < -0.39 is 24.0 Å². The van der Waals surface area contributed by atoms with Crippen molar-refractivity contribution in [2.24, 2.45) is 0 Å². The van der Waals surface area contributed by atoms with E-state index in [0.717, 1.165) is 0 Å². The standard InChI is InChI=1S/C11H14ClN5O3/c1-4-6(18)11(2,19)9(20-4)17-3-14-5-7(13)15-10(12)16-8(5)17/h3-4,6,9,18-19H,1-2H3,(H2,13,15,16)/t4-,6+,9+,11+/m0/s1. The van der Waals surface area contributed by atoms with E-state index in [4.69, 9.17) is 22.1 Å². The van der Waals surface area contributed by atoms with E-state index in [1.165, 1.54) is 17.8 Å². The highest BCUT2D eigenvalue weighted by molar-refractivity contribution is 6.28. The van der Waals surface area contributed by atoms with Crippen molar-refractivity contribution in [3.05, 3.63) is 11.6 Å². The lowest BCUT2D eigenvalue weighted by molar-refractivity contribution is -0.0936. The Balaban J connectivity index is 2.16. The zero-order valence-electron chi connectivity index (χ0n) is 10.9. The van der Waals surface area contributed by atoms with Gasteiger partial charge in [-0.25, -0.2) is 4.98 Å². The third kappa shape index (κ3) is 1.76. The van der Waals surface area contributed by atoms with E-state index in [0.29, 0.717) is 11.2 Å². The molecule has 108 valence electrons. The number of anilines is 1. The second-order valence-corrected chi connectivity index (χ2v) is 5.40. The number of nitrogens with two attached hydrogens (primary N) is 1. The third-order valence-electron chi connectivity index (χ3n) is 3.56. The average Bonchev–Trinajstić information content (AvgIpc) is 2.85. The van der Waals surface area contributed by atoms with Gasteiger partial charge in [-0.2, -0.15) is 9.97 Å². The summed E-state index contributed by atoms with van der Waals surface area (Å²) >= 11 is 5.79. The predicted octanol–water partition coefficient (Wildman–Crippen LogP) is 0.0911. The summed E-state index contributed by atoms with van der Waals surface area (Å²) in [5.41, 5.74) is 4.95. The molecular formula is C11H14ClN5O3. The second kappa shape index (κ2) is 4.26. The van der Waals surface area contributed by atoms with Crippen molar-refractivity contribution in [1.29, 1.82) is 0 Å². The van der Waals surface area contributed by atoms with E-state index in [-0.39, 0.29) is 11.1 Å². The molecule has 2 aromatic heterocycles. The van der Waals surface area contributed by atoms with E-state index in [1.807, 2.05) is 0 Å². The predicted molar refractivity (Wildman–Crippen MR) is 71.0 cm³/mol. The van der Waals surface area contributed by atoms with E-state index >= 15 is 0 Å². The number of fused-ring (bicyclic) bond motifs is 1. The number of nitrogen functional groups attached to an aromatic ring is 1. The Hall–Kier alpha value is -1.48. The molecule has 20 heavy (non-hydrogen) atoms. The maximum absolute atomic E-state index is 10.4. The minimum atomic E-state index is -1.49. The second-order valence-electron chi connectivity index (χ2n) is 5.07. The molecule has 3 heterocycles. The van der Waals surface area contributed by atoms with Crippen LogP contribution >= 0.6 is 11.6 Å². The smallest absolute Gasteiger partial charge is 0.226 e. The van der Waals surface area contributed by atoms with Crippen molar-refractivity contribution in [2.75, 3.05) is 5.73 Å². The lowest BCUT2D eigenvalue weighted by Gasteiger charge is -2.27. The van der Waals surface area contributed by atoms with Crippen molar-refractivity contribution in [3.8, 4) is 0 Å². The normalized spacial score (nSPS) is 34.0. The largest absolute Gasteiger partial charge is 0.387 e. The quantitative estimate of drug-likeness (QED) is 0.638. The molecule has 1 aliphatic heterocycles. The van der Waals surface area contributed by atoms with Gasteiger partial charge in [-0.05, 0) is 25.4 Å². The number of hydrogen-bond donors (Lipinski definition) is 3. The molecule has 1 fully saturated rings. The number of imidazole rings is 1. The first-order valence-electron chi connectivity index (χ1n) is 6.04. The number of aliphatic hydroxyl groups is 2. The molecule has 3 rings (SSSR count). The van der Waals surface area contributed by atoms with Crippen LogP contribution in [0.1, 0.15) is 20.1 Å². The Bertz CT molecular complexity index is 673. The summed E-state index contributed by atoms with van der Waals surface area (Å²) in [7, 11) is 0. The van der Waals surface area contributed by atoms with Gasteiger partial charge < -0.3 is 20.7 Å². The van der Waals surface area contributed by atoms with Gasteiger partial charge in [0.15, 0.2) is 17.7 Å². The van der Waals surface area contributed by atoms with Gasteiger partial charge in [0, 0.05) is 0 Å². The first-order valence-corrected chi connectivity index (χ1v) is 6.41. The SMILES string of the molecule is C[C@@H]1O[C@@H](n2cnc3c(N)nc(Cl)nc32)[C@](C)(O)[C@@H]1O. The van der Waals surface area contributed by atoms with Crippen LogP contribution in [0, 0.1) is 0 Å². The van der Waals surface area contributed by atoms with Crippen LogP contribution in [0.5, 0.6) is 0 Å². The van der Waals surface area contributed by atoms with Gasteiger partial charge in [0.05, 0.1) is 12.4 Å². The summed E-state index contributed by atoms with van der Waals surface area (Å²) in [6.07, 6.45) is -0.972. The molecule has 0 aliphatic carbocycles. The van der Waals surface area contributed by atoms with Crippen molar-refractivity contribution in [2.45, 2.75) is 37.9 Å². The number of halogens is 1. The highest BCUT2D eigenvalue weighted by atomic mass is 35.5. The monoisotopic (exact) mass is 299 g/mol. The molecule has 4 atom stereocenters. The molecule has 4 N–H and O–H groups in total. The fourth-order valence-corrected chi connectivity index (χ4v) is 2.64. The number of nitrogens with zero attached hydrogens (tertiary/aromatic N) is 4. The van der Waals surface area contributed by atoms with Crippen LogP contribution in [0.15, 0.2) is 6.33 Å². The summed E-state index contributed by atoms with van der Waals surface area (Å²) < 4.78 is 7.09. The lowest BCUT2D eigenvalue weighted by atomic mass is 9.97. The molecule has 9 heteroatoms.